The van der Waals surface area contributed by atoms with E-state index < -0.39 is 14.9 Å². The summed E-state index contributed by atoms with van der Waals surface area (Å²) in [6, 6.07) is 4.96. The van der Waals surface area contributed by atoms with E-state index in [4.69, 9.17) is 4.74 Å². The Morgan fingerprint density at radius 3 is 2.74 bits per heavy atom. The minimum absolute atomic E-state index is 0.103. The molecule has 0 aliphatic heterocycles. The largest absolute Gasteiger partial charge is 0.385 e. The number of non-ortho nitro benzene ring substituents is 1. The van der Waals surface area contributed by atoms with Gasteiger partial charge in [0.2, 0.25) is 10.0 Å². The lowest BCUT2D eigenvalue weighted by Crippen LogP contribution is -2.25. The summed E-state index contributed by atoms with van der Waals surface area (Å²) in [4.78, 5) is 9.86. The van der Waals surface area contributed by atoms with Gasteiger partial charge in [0.05, 0.1) is 9.82 Å². The smallest absolute Gasteiger partial charge is 0.270 e. The maximum absolute atomic E-state index is 11.9. The van der Waals surface area contributed by atoms with E-state index in [0.29, 0.717) is 13.0 Å². The maximum Gasteiger partial charge on any atom is 0.270 e. The zero-order valence-corrected chi connectivity index (χ0v) is 11.4. The summed E-state index contributed by atoms with van der Waals surface area (Å²) < 4.78 is 31.0. The van der Waals surface area contributed by atoms with Gasteiger partial charge in [-0.15, -0.1) is 0 Å². The van der Waals surface area contributed by atoms with Gasteiger partial charge in [-0.25, -0.2) is 13.1 Å². The molecular formula is C11H16N2O5S. The number of rotatable bonds is 8. The van der Waals surface area contributed by atoms with Crippen LogP contribution in [0.3, 0.4) is 0 Å². The van der Waals surface area contributed by atoms with Crippen molar-refractivity contribution in [2.75, 3.05) is 20.3 Å². The number of hydrogen-bond acceptors (Lipinski definition) is 5. The van der Waals surface area contributed by atoms with Crippen LogP contribution in [0.15, 0.2) is 29.2 Å². The first kappa shape index (κ1) is 15.5. The van der Waals surface area contributed by atoms with Crippen LogP contribution in [0.2, 0.25) is 0 Å². The van der Waals surface area contributed by atoms with Gasteiger partial charge in [-0.3, -0.25) is 10.1 Å². The Bertz CT molecular complexity index is 530. The van der Waals surface area contributed by atoms with Crippen molar-refractivity contribution >= 4 is 15.7 Å². The third-order valence-electron chi connectivity index (χ3n) is 2.41. The molecule has 106 valence electrons. The van der Waals surface area contributed by atoms with E-state index in [1.807, 2.05) is 0 Å². The number of nitrogens with zero attached hydrogens (tertiary/aromatic N) is 1. The van der Waals surface area contributed by atoms with Crippen molar-refractivity contribution in [2.45, 2.75) is 17.7 Å². The quantitative estimate of drug-likeness (QED) is 0.441. The lowest BCUT2D eigenvalue weighted by Gasteiger charge is -2.06. The molecule has 1 rings (SSSR count). The normalized spacial score (nSPS) is 11.4. The number of unbranched alkanes of at least 4 members (excludes halogenated alkanes) is 1. The van der Waals surface area contributed by atoms with Crippen LogP contribution < -0.4 is 4.72 Å². The van der Waals surface area contributed by atoms with Gasteiger partial charge < -0.3 is 4.74 Å². The topological polar surface area (TPSA) is 98.5 Å². The molecule has 0 aromatic heterocycles. The van der Waals surface area contributed by atoms with Crippen LogP contribution in [0, 0.1) is 10.1 Å². The molecule has 0 amide bonds. The van der Waals surface area contributed by atoms with Crippen molar-refractivity contribution in [3.05, 3.63) is 34.4 Å². The average molecular weight is 288 g/mol. The van der Waals surface area contributed by atoms with Crippen molar-refractivity contribution in [1.29, 1.82) is 0 Å². The number of hydrogen-bond donors (Lipinski definition) is 1. The van der Waals surface area contributed by atoms with Gasteiger partial charge in [-0.2, -0.15) is 0 Å². The highest BCUT2D eigenvalue weighted by atomic mass is 32.2. The van der Waals surface area contributed by atoms with Crippen LogP contribution in [0.4, 0.5) is 5.69 Å². The minimum atomic E-state index is -3.70. The highest BCUT2D eigenvalue weighted by Crippen LogP contribution is 2.16. The van der Waals surface area contributed by atoms with Crippen molar-refractivity contribution in [1.82, 2.24) is 4.72 Å². The first-order valence-corrected chi connectivity index (χ1v) is 7.19. The third kappa shape index (κ3) is 4.93. The molecule has 0 atom stereocenters. The zero-order valence-electron chi connectivity index (χ0n) is 10.5. The highest BCUT2D eigenvalue weighted by Gasteiger charge is 2.16. The number of nitro benzene ring substituents is 1. The van der Waals surface area contributed by atoms with E-state index in [9.17, 15) is 18.5 Å². The Balaban J connectivity index is 2.66. The summed E-state index contributed by atoms with van der Waals surface area (Å²) in [6.45, 7) is 0.840. The Morgan fingerprint density at radius 1 is 1.37 bits per heavy atom. The molecule has 0 unspecified atom stereocenters. The lowest BCUT2D eigenvalue weighted by molar-refractivity contribution is -0.385. The number of benzene rings is 1. The molecule has 0 heterocycles. The van der Waals surface area contributed by atoms with Crippen LogP contribution >= 0.6 is 0 Å². The fraction of sp³-hybridized carbons (Fsp3) is 0.455. The SMILES string of the molecule is COCCCCNS(=O)(=O)c1cccc([N+](=O)[O-])c1. The maximum atomic E-state index is 11.9. The van der Waals surface area contributed by atoms with Gasteiger partial charge in [0.25, 0.3) is 5.69 Å². The summed E-state index contributed by atoms with van der Waals surface area (Å²) in [5.74, 6) is 0. The van der Waals surface area contributed by atoms with E-state index in [2.05, 4.69) is 4.72 Å². The number of methoxy groups -OCH3 is 1. The third-order valence-corrected chi connectivity index (χ3v) is 3.86. The highest BCUT2D eigenvalue weighted by molar-refractivity contribution is 7.89. The van der Waals surface area contributed by atoms with Gasteiger partial charge in [-0.1, -0.05) is 6.07 Å². The molecule has 7 nitrogen and oxygen atoms in total. The molecule has 0 saturated carbocycles. The molecule has 1 aromatic rings. The summed E-state index contributed by atoms with van der Waals surface area (Å²) in [7, 11) is -2.12. The first-order valence-electron chi connectivity index (χ1n) is 5.70. The summed E-state index contributed by atoms with van der Waals surface area (Å²) in [5.41, 5.74) is -0.248. The van der Waals surface area contributed by atoms with Crippen LogP contribution in [0.5, 0.6) is 0 Å². The Morgan fingerprint density at radius 2 is 2.11 bits per heavy atom. The number of nitrogens with one attached hydrogen (secondary N) is 1. The van der Waals surface area contributed by atoms with Crippen LogP contribution in [0.1, 0.15) is 12.8 Å². The monoisotopic (exact) mass is 288 g/mol. The van der Waals surface area contributed by atoms with Crippen molar-refractivity contribution < 1.29 is 18.1 Å². The van der Waals surface area contributed by atoms with Crippen molar-refractivity contribution in [3.63, 3.8) is 0 Å². The standard InChI is InChI=1S/C11H16N2O5S/c1-18-8-3-2-7-12-19(16,17)11-6-4-5-10(9-11)13(14)15/h4-6,9,12H,2-3,7-8H2,1H3. The number of ether oxygens (including phenoxy) is 1. The zero-order chi connectivity index (χ0) is 14.3. The summed E-state index contributed by atoms with van der Waals surface area (Å²) in [5, 5.41) is 10.6. The fourth-order valence-corrected chi connectivity index (χ4v) is 2.54. The molecule has 0 bridgehead atoms. The molecule has 19 heavy (non-hydrogen) atoms. The van der Waals surface area contributed by atoms with E-state index >= 15 is 0 Å². The van der Waals surface area contributed by atoms with E-state index in [-0.39, 0.29) is 17.1 Å². The van der Waals surface area contributed by atoms with Gasteiger partial charge in [0, 0.05) is 32.4 Å². The molecular weight excluding hydrogens is 272 g/mol. The second-order valence-corrected chi connectivity index (χ2v) is 5.62. The first-order chi connectivity index (χ1) is 8.97. The van der Waals surface area contributed by atoms with Gasteiger partial charge in [0.1, 0.15) is 0 Å². The predicted octanol–water partition coefficient (Wildman–Crippen LogP) is 1.30. The van der Waals surface area contributed by atoms with E-state index in [0.717, 1.165) is 12.5 Å². The summed E-state index contributed by atoms with van der Waals surface area (Å²) >= 11 is 0. The molecule has 8 heteroatoms. The molecule has 0 saturated heterocycles. The van der Waals surface area contributed by atoms with Crippen molar-refractivity contribution in [3.8, 4) is 0 Å². The van der Waals surface area contributed by atoms with Crippen LogP contribution in [-0.4, -0.2) is 33.6 Å². The van der Waals surface area contributed by atoms with Crippen molar-refractivity contribution in [2.24, 2.45) is 0 Å². The Hall–Kier alpha value is -1.51. The molecule has 0 aliphatic carbocycles. The van der Waals surface area contributed by atoms with E-state index in [1.54, 1.807) is 7.11 Å². The summed E-state index contributed by atoms with van der Waals surface area (Å²) in [6.07, 6.45) is 1.38. The Kier molecular flexibility index (Phi) is 5.87. The predicted molar refractivity (Wildman–Crippen MR) is 69.4 cm³/mol. The van der Waals surface area contributed by atoms with Gasteiger partial charge in [0.15, 0.2) is 0 Å². The molecule has 0 fully saturated rings. The lowest BCUT2D eigenvalue weighted by atomic mass is 10.3. The van der Waals surface area contributed by atoms with Crippen LogP contribution in [0.25, 0.3) is 0 Å². The molecule has 0 aliphatic rings. The van der Waals surface area contributed by atoms with Gasteiger partial charge in [-0.05, 0) is 18.9 Å². The van der Waals surface area contributed by atoms with Crippen LogP contribution in [-0.2, 0) is 14.8 Å². The second kappa shape index (κ2) is 7.17. The minimum Gasteiger partial charge on any atom is -0.385 e. The molecule has 1 N–H and O–H groups in total. The number of sulfonamides is 1. The van der Waals surface area contributed by atoms with E-state index in [1.165, 1.54) is 18.2 Å². The molecule has 1 aromatic carbocycles. The number of nitro groups is 1. The molecule has 0 radical (unpaired) electrons. The average Bonchev–Trinajstić information content (AvgIpc) is 2.38. The Labute approximate surface area is 111 Å². The molecule has 0 spiro atoms. The van der Waals surface area contributed by atoms with Gasteiger partial charge >= 0.3 is 0 Å². The fourth-order valence-electron chi connectivity index (χ4n) is 1.43. The second-order valence-electron chi connectivity index (χ2n) is 3.85.